The Morgan fingerprint density at radius 1 is 1.47 bits per heavy atom. The highest BCUT2D eigenvalue weighted by atomic mass is 32.2. The second-order valence-electron chi connectivity index (χ2n) is 4.16. The summed E-state index contributed by atoms with van der Waals surface area (Å²) in [4.78, 5) is 13.8. The molecule has 1 heterocycles. The van der Waals surface area contributed by atoms with Gasteiger partial charge in [0.2, 0.25) is 5.91 Å². The maximum atomic E-state index is 11.8. The molecule has 0 unspecified atom stereocenters. The van der Waals surface area contributed by atoms with Crippen LogP contribution in [-0.4, -0.2) is 42.4 Å². The quantitative estimate of drug-likeness (QED) is 0.725. The van der Waals surface area contributed by atoms with Crippen LogP contribution in [0.1, 0.15) is 25.7 Å². The van der Waals surface area contributed by atoms with Crippen molar-refractivity contribution in [3.63, 3.8) is 0 Å². The molecular weight excluding hydrogens is 208 g/mol. The van der Waals surface area contributed by atoms with E-state index in [0.29, 0.717) is 18.2 Å². The van der Waals surface area contributed by atoms with Crippen LogP contribution >= 0.6 is 11.8 Å². The number of rotatable bonds is 5. The molecule has 0 aromatic rings. The fourth-order valence-corrected chi connectivity index (χ4v) is 2.38. The van der Waals surface area contributed by atoms with Crippen molar-refractivity contribution < 1.29 is 4.79 Å². The van der Waals surface area contributed by atoms with E-state index in [2.05, 4.69) is 6.26 Å². The summed E-state index contributed by atoms with van der Waals surface area (Å²) in [6.45, 7) is 2.61. The van der Waals surface area contributed by atoms with Gasteiger partial charge >= 0.3 is 0 Å². The Labute approximate surface area is 96.8 Å². The summed E-state index contributed by atoms with van der Waals surface area (Å²) in [5.41, 5.74) is 5.62. The van der Waals surface area contributed by atoms with Crippen molar-refractivity contribution in [1.29, 1.82) is 0 Å². The third-order valence-corrected chi connectivity index (χ3v) is 3.74. The lowest BCUT2D eigenvalue weighted by Gasteiger charge is -2.31. The molecule has 3 nitrogen and oxygen atoms in total. The lowest BCUT2D eigenvalue weighted by Crippen LogP contribution is -2.39. The zero-order valence-electron chi connectivity index (χ0n) is 9.58. The molecule has 1 saturated heterocycles. The second-order valence-corrected chi connectivity index (χ2v) is 5.14. The molecule has 1 aliphatic heterocycles. The van der Waals surface area contributed by atoms with E-state index in [9.17, 15) is 4.79 Å². The number of hydrogen-bond donors (Lipinski definition) is 1. The van der Waals surface area contributed by atoms with Gasteiger partial charge in [0.05, 0.1) is 0 Å². The Bertz CT molecular complexity index is 191. The average Bonchev–Trinajstić information content (AvgIpc) is 2.29. The molecule has 0 aromatic carbocycles. The summed E-state index contributed by atoms with van der Waals surface area (Å²) in [5, 5.41) is 0. The van der Waals surface area contributed by atoms with Crippen molar-refractivity contribution in [2.45, 2.75) is 25.7 Å². The predicted molar refractivity (Wildman–Crippen MR) is 66.0 cm³/mol. The van der Waals surface area contributed by atoms with Crippen LogP contribution in [-0.2, 0) is 4.79 Å². The van der Waals surface area contributed by atoms with Crippen molar-refractivity contribution in [3.05, 3.63) is 0 Å². The van der Waals surface area contributed by atoms with Crippen LogP contribution in [0.5, 0.6) is 0 Å². The number of carbonyl (C=O) groups excluding carboxylic acids is 1. The van der Waals surface area contributed by atoms with Gasteiger partial charge in [-0.05, 0) is 43.7 Å². The summed E-state index contributed by atoms with van der Waals surface area (Å²) >= 11 is 1.81. The number of amides is 1. The molecule has 1 fully saturated rings. The van der Waals surface area contributed by atoms with Gasteiger partial charge in [-0.1, -0.05) is 0 Å². The molecule has 0 aliphatic carbocycles. The van der Waals surface area contributed by atoms with Crippen LogP contribution in [0.15, 0.2) is 0 Å². The molecule has 2 N–H and O–H groups in total. The zero-order chi connectivity index (χ0) is 11.1. The Kier molecular flexibility index (Phi) is 6.10. The smallest absolute Gasteiger partial charge is 0.222 e. The van der Waals surface area contributed by atoms with E-state index in [1.54, 1.807) is 0 Å². The lowest BCUT2D eigenvalue weighted by atomic mass is 9.97. The Morgan fingerprint density at radius 2 is 2.13 bits per heavy atom. The largest absolute Gasteiger partial charge is 0.343 e. The summed E-state index contributed by atoms with van der Waals surface area (Å²) in [7, 11) is 0. The molecule has 0 atom stereocenters. The fourth-order valence-electron chi connectivity index (χ4n) is 1.94. The summed E-state index contributed by atoms with van der Waals surface area (Å²) in [6, 6.07) is 0. The summed E-state index contributed by atoms with van der Waals surface area (Å²) < 4.78 is 0. The number of thioether (sulfide) groups is 1. The zero-order valence-corrected chi connectivity index (χ0v) is 10.4. The number of hydrogen-bond acceptors (Lipinski definition) is 3. The molecule has 88 valence electrons. The average molecular weight is 230 g/mol. The van der Waals surface area contributed by atoms with Gasteiger partial charge in [-0.15, -0.1) is 0 Å². The van der Waals surface area contributed by atoms with Crippen molar-refractivity contribution in [2.75, 3.05) is 31.6 Å². The summed E-state index contributed by atoms with van der Waals surface area (Å²) in [6.07, 6.45) is 5.98. The predicted octanol–water partition coefficient (Wildman–Crippen LogP) is 1.33. The Hall–Kier alpha value is -0.220. The van der Waals surface area contributed by atoms with Crippen molar-refractivity contribution in [2.24, 2.45) is 11.7 Å². The maximum absolute atomic E-state index is 11.8. The molecule has 0 saturated carbocycles. The number of piperidine rings is 1. The molecule has 15 heavy (non-hydrogen) atoms. The van der Waals surface area contributed by atoms with Crippen LogP contribution < -0.4 is 5.73 Å². The minimum absolute atomic E-state index is 0.333. The van der Waals surface area contributed by atoms with Gasteiger partial charge in [0, 0.05) is 19.5 Å². The van der Waals surface area contributed by atoms with Gasteiger partial charge < -0.3 is 10.6 Å². The fraction of sp³-hybridized carbons (Fsp3) is 0.909. The van der Waals surface area contributed by atoms with Crippen LogP contribution in [0.3, 0.4) is 0 Å². The maximum Gasteiger partial charge on any atom is 0.222 e. The topological polar surface area (TPSA) is 46.3 Å². The van der Waals surface area contributed by atoms with E-state index in [1.807, 2.05) is 16.7 Å². The van der Waals surface area contributed by atoms with Gasteiger partial charge in [0.15, 0.2) is 0 Å². The molecule has 1 amide bonds. The molecule has 1 aliphatic rings. The third kappa shape index (κ3) is 4.43. The van der Waals surface area contributed by atoms with E-state index in [1.165, 1.54) is 0 Å². The standard InChI is InChI=1S/C11H22N2OS/c1-15-8-2-3-11(14)13-6-4-10(9-12)5-7-13/h10H,2-9,12H2,1H3. The molecule has 0 bridgehead atoms. The van der Waals surface area contributed by atoms with Crippen molar-refractivity contribution in [3.8, 4) is 0 Å². The first-order valence-electron chi connectivity index (χ1n) is 5.74. The Balaban J connectivity index is 2.18. The van der Waals surface area contributed by atoms with E-state index >= 15 is 0 Å². The molecule has 4 heteroatoms. The normalized spacial score (nSPS) is 18.1. The van der Waals surface area contributed by atoms with Crippen LogP contribution in [0.2, 0.25) is 0 Å². The summed E-state index contributed by atoms with van der Waals surface area (Å²) in [5.74, 6) is 2.06. The highest BCUT2D eigenvalue weighted by Crippen LogP contribution is 2.16. The van der Waals surface area contributed by atoms with Gasteiger partial charge in [-0.2, -0.15) is 11.8 Å². The van der Waals surface area contributed by atoms with Crippen LogP contribution in [0, 0.1) is 5.92 Å². The van der Waals surface area contributed by atoms with E-state index < -0.39 is 0 Å². The van der Waals surface area contributed by atoms with Gasteiger partial charge in [-0.25, -0.2) is 0 Å². The van der Waals surface area contributed by atoms with Gasteiger partial charge in [-0.3, -0.25) is 4.79 Å². The highest BCUT2D eigenvalue weighted by Gasteiger charge is 2.21. The molecule has 0 aromatic heterocycles. The van der Waals surface area contributed by atoms with Crippen molar-refractivity contribution in [1.82, 2.24) is 4.90 Å². The first kappa shape index (κ1) is 12.8. The Morgan fingerprint density at radius 3 is 2.67 bits per heavy atom. The van der Waals surface area contributed by atoms with Gasteiger partial charge in [0.25, 0.3) is 0 Å². The van der Waals surface area contributed by atoms with Gasteiger partial charge in [0.1, 0.15) is 0 Å². The first-order valence-corrected chi connectivity index (χ1v) is 7.14. The number of likely N-dealkylation sites (tertiary alicyclic amines) is 1. The van der Waals surface area contributed by atoms with Crippen LogP contribution in [0.4, 0.5) is 0 Å². The molecule has 0 spiro atoms. The number of carbonyl (C=O) groups is 1. The number of nitrogens with zero attached hydrogens (tertiary/aromatic N) is 1. The SMILES string of the molecule is CSCCCC(=O)N1CCC(CN)CC1. The molecule has 1 rings (SSSR count). The van der Waals surface area contributed by atoms with E-state index in [-0.39, 0.29) is 0 Å². The monoisotopic (exact) mass is 230 g/mol. The minimum Gasteiger partial charge on any atom is -0.343 e. The lowest BCUT2D eigenvalue weighted by molar-refractivity contribution is -0.132. The first-order chi connectivity index (χ1) is 7.27. The van der Waals surface area contributed by atoms with E-state index in [4.69, 9.17) is 5.73 Å². The second kappa shape index (κ2) is 7.12. The molecular formula is C11H22N2OS. The van der Waals surface area contributed by atoms with Crippen molar-refractivity contribution >= 4 is 17.7 Å². The number of nitrogens with two attached hydrogens (primary N) is 1. The molecule has 0 radical (unpaired) electrons. The van der Waals surface area contributed by atoms with Crippen LogP contribution in [0.25, 0.3) is 0 Å². The highest BCUT2D eigenvalue weighted by molar-refractivity contribution is 7.98. The third-order valence-electron chi connectivity index (χ3n) is 3.04. The van der Waals surface area contributed by atoms with E-state index in [0.717, 1.165) is 44.6 Å². The minimum atomic E-state index is 0.333.